The monoisotopic (exact) mass is 149 g/mol. The lowest BCUT2D eigenvalue weighted by molar-refractivity contribution is 0.151. The fraction of sp³-hybridized carbons (Fsp3) is 0.444. The Morgan fingerprint density at radius 2 is 2.18 bits per heavy atom. The number of hydrogen-bond donors (Lipinski definition) is 1. The van der Waals surface area contributed by atoms with E-state index in [1.54, 1.807) is 12.4 Å². The van der Waals surface area contributed by atoms with Crippen molar-refractivity contribution in [3.05, 3.63) is 29.6 Å². The summed E-state index contributed by atoms with van der Waals surface area (Å²) in [6.07, 6.45) is 5.32. The molecule has 2 rings (SSSR count). The predicted molar refractivity (Wildman–Crippen MR) is 42.1 cm³/mol. The van der Waals surface area contributed by atoms with Crippen molar-refractivity contribution in [3.8, 4) is 0 Å². The van der Waals surface area contributed by atoms with Gasteiger partial charge in [0.2, 0.25) is 0 Å². The molecule has 1 heterocycles. The van der Waals surface area contributed by atoms with Crippen molar-refractivity contribution < 1.29 is 5.11 Å². The fourth-order valence-electron chi connectivity index (χ4n) is 1.22. The Kier molecular flexibility index (Phi) is 1.26. The van der Waals surface area contributed by atoms with E-state index in [1.807, 2.05) is 13.0 Å². The molecule has 0 unspecified atom stereocenters. The highest BCUT2D eigenvalue weighted by Crippen LogP contribution is 2.44. The second-order valence-corrected chi connectivity index (χ2v) is 3.28. The number of rotatable bonds is 1. The number of hydrogen-bond acceptors (Lipinski definition) is 2. The predicted octanol–water partition coefficient (Wildman–Crippen LogP) is 1.37. The molecule has 0 saturated heterocycles. The third-order valence-electron chi connectivity index (χ3n) is 2.14. The Morgan fingerprint density at radius 1 is 1.45 bits per heavy atom. The highest BCUT2D eigenvalue weighted by molar-refractivity contribution is 5.27. The van der Waals surface area contributed by atoms with Crippen LogP contribution in [0.3, 0.4) is 0 Å². The number of nitrogens with zero attached hydrogens (tertiary/aromatic N) is 1. The molecule has 1 aromatic heterocycles. The Hall–Kier alpha value is -0.890. The van der Waals surface area contributed by atoms with E-state index in [0.29, 0.717) is 0 Å². The molecular formula is C9H11NO. The van der Waals surface area contributed by atoms with Gasteiger partial charge in [0.25, 0.3) is 0 Å². The van der Waals surface area contributed by atoms with Gasteiger partial charge in [-0.2, -0.15) is 0 Å². The van der Waals surface area contributed by atoms with Crippen LogP contribution >= 0.6 is 0 Å². The van der Waals surface area contributed by atoms with Gasteiger partial charge in [-0.15, -0.1) is 0 Å². The average Bonchev–Trinajstić information content (AvgIpc) is 2.70. The molecule has 0 amide bonds. The van der Waals surface area contributed by atoms with E-state index < -0.39 is 5.60 Å². The lowest BCUT2D eigenvalue weighted by Gasteiger charge is -2.06. The first kappa shape index (κ1) is 6.80. The minimum absolute atomic E-state index is 0.529. The van der Waals surface area contributed by atoms with Gasteiger partial charge in [0.15, 0.2) is 0 Å². The lowest BCUT2D eigenvalue weighted by atomic mass is 10.1. The molecule has 58 valence electrons. The minimum Gasteiger partial charge on any atom is -0.385 e. The van der Waals surface area contributed by atoms with E-state index in [2.05, 4.69) is 4.98 Å². The molecule has 0 bridgehead atoms. The van der Waals surface area contributed by atoms with Crippen LogP contribution in [-0.2, 0) is 5.60 Å². The molecule has 2 nitrogen and oxygen atoms in total. The molecule has 0 spiro atoms. The molecule has 1 aromatic rings. The summed E-state index contributed by atoms with van der Waals surface area (Å²) in [4.78, 5) is 4.03. The van der Waals surface area contributed by atoms with E-state index in [1.165, 1.54) is 0 Å². The van der Waals surface area contributed by atoms with Gasteiger partial charge < -0.3 is 5.11 Å². The van der Waals surface area contributed by atoms with Gasteiger partial charge in [-0.3, -0.25) is 4.98 Å². The number of aliphatic hydroxyl groups is 1. The van der Waals surface area contributed by atoms with Crippen LogP contribution in [0, 0.1) is 6.92 Å². The summed E-state index contributed by atoms with van der Waals surface area (Å²) in [6.45, 7) is 1.99. The molecule has 0 aromatic carbocycles. The molecule has 1 N–H and O–H groups in total. The highest BCUT2D eigenvalue weighted by atomic mass is 16.3. The maximum absolute atomic E-state index is 9.68. The van der Waals surface area contributed by atoms with E-state index >= 15 is 0 Å². The summed E-state index contributed by atoms with van der Waals surface area (Å²) in [7, 11) is 0. The smallest absolute Gasteiger partial charge is 0.0913 e. The molecule has 0 radical (unpaired) electrons. The van der Waals surface area contributed by atoms with Crippen molar-refractivity contribution >= 4 is 0 Å². The third-order valence-corrected chi connectivity index (χ3v) is 2.14. The Labute approximate surface area is 65.9 Å². The summed E-state index contributed by atoms with van der Waals surface area (Å²) in [5.74, 6) is 0. The van der Waals surface area contributed by atoms with Crippen LogP contribution < -0.4 is 0 Å². The van der Waals surface area contributed by atoms with E-state index in [-0.39, 0.29) is 0 Å². The first-order valence-corrected chi connectivity index (χ1v) is 3.85. The van der Waals surface area contributed by atoms with Gasteiger partial charge in [-0.25, -0.2) is 0 Å². The van der Waals surface area contributed by atoms with Gasteiger partial charge in [-0.05, 0) is 25.3 Å². The largest absolute Gasteiger partial charge is 0.385 e. The molecule has 1 aliphatic rings. The summed E-state index contributed by atoms with van der Waals surface area (Å²) in [5.41, 5.74) is 1.55. The van der Waals surface area contributed by atoms with Crippen LogP contribution in [-0.4, -0.2) is 10.1 Å². The average molecular weight is 149 g/mol. The summed E-state index contributed by atoms with van der Waals surface area (Å²) in [5, 5.41) is 9.68. The SMILES string of the molecule is Cc1cncc(C2(O)CC2)c1. The molecule has 0 aliphatic heterocycles. The van der Waals surface area contributed by atoms with Crippen LogP contribution in [0.5, 0.6) is 0 Å². The zero-order valence-electron chi connectivity index (χ0n) is 6.54. The van der Waals surface area contributed by atoms with Crippen molar-refractivity contribution in [2.45, 2.75) is 25.4 Å². The number of aromatic nitrogens is 1. The van der Waals surface area contributed by atoms with Gasteiger partial charge in [0, 0.05) is 18.0 Å². The van der Waals surface area contributed by atoms with Crippen molar-refractivity contribution in [1.82, 2.24) is 4.98 Å². The van der Waals surface area contributed by atoms with Crippen molar-refractivity contribution in [1.29, 1.82) is 0 Å². The van der Waals surface area contributed by atoms with Gasteiger partial charge >= 0.3 is 0 Å². The van der Waals surface area contributed by atoms with Crippen LogP contribution in [0.25, 0.3) is 0 Å². The third kappa shape index (κ3) is 1.14. The molecular weight excluding hydrogens is 138 g/mol. The van der Waals surface area contributed by atoms with Crippen LogP contribution in [0.2, 0.25) is 0 Å². The molecule has 1 saturated carbocycles. The molecule has 0 atom stereocenters. The summed E-state index contributed by atoms with van der Waals surface area (Å²) < 4.78 is 0. The molecule has 11 heavy (non-hydrogen) atoms. The zero-order chi connectivity index (χ0) is 7.90. The van der Waals surface area contributed by atoms with E-state index in [0.717, 1.165) is 24.0 Å². The maximum Gasteiger partial charge on any atom is 0.0913 e. The molecule has 2 heteroatoms. The quantitative estimate of drug-likeness (QED) is 0.654. The second-order valence-electron chi connectivity index (χ2n) is 3.28. The van der Waals surface area contributed by atoms with Gasteiger partial charge in [0.1, 0.15) is 0 Å². The topological polar surface area (TPSA) is 33.1 Å². The van der Waals surface area contributed by atoms with Crippen LogP contribution in [0.1, 0.15) is 24.0 Å². The molecule has 1 aliphatic carbocycles. The van der Waals surface area contributed by atoms with E-state index in [4.69, 9.17) is 0 Å². The summed E-state index contributed by atoms with van der Waals surface area (Å²) in [6, 6.07) is 2.00. The second kappa shape index (κ2) is 2.05. The molecule has 1 fully saturated rings. The van der Waals surface area contributed by atoms with Crippen LogP contribution in [0.15, 0.2) is 18.5 Å². The highest BCUT2D eigenvalue weighted by Gasteiger charge is 2.42. The number of pyridine rings is 1. The Bertz CT molecular complexity index is 279. The lowest BCUT2D eigenvalue weighted by Crippen LogP contribution is -2.04. The standard InChI is InChI=1S/C9H11NO/c1-7-4-8(6-10-5-7)9(11)2-3-9/h4-6,11H,2-3H2,1H3. The first-order valence-electron chi connectivity index (χ1n) is 3.85. The van der Waals surface area contributed by atoms with Crippen molar-refractivity contribution in [3.63, 3.8) is 0 Å². The summed E-state index contributed by atoms with van der Waals surface area (Å²) >= 11 is 0. The maximum atomic E-state index is 9.68. The first-order chi connectivity index (χ1) is 5.21. The Morgan fingerprint density at radius 3 is 2.73 bits per heavy atom. The normalized spacial score (nSPS) is 19.8. The fourth-order valence-corrected chi connectivity index (χ4v) is 1.22. The minimum atomic E-state index is -0.529. The van der Waals surface area contributed by atoms with Crippen molar-refractivity contribution in [2.75, 3.05) is 0 Å². The zero-order valence-corrected chi connectivity index (χ0v) is 6.54. The van der Waals surface area contributed by atoms with Gasteiger partial charge in [-0.1, -0.05) is 6.07 Å². The van der Waals surface area contributed by atoms with E-state index in [9.17, 15) is 5.11 Å². The van der Waals surface area contributed by atoms with Gasteiger partial charge in [0.05, 0.1) is 5.60 Å². The Balaban J connectivity index is 2.38. The van der Waals surface area contributed by atoms with Crippen molar-refractivity contribution in [2.24, 2.45) is 0 Å². The number of aryl methyl sites for hydroxylation is 1. The van der Waals surface area contributed by atoms with Crippen LogP contribution in [0.4, 0.5) is 0 Å².